The molecule has 0 radical (unpaired) electrons. The SMILES string of the molecule is NC12Nc3ccc(Cl)cc3C1(C(=O)NCc1ccccc1)C(C(=O)NCc1ccccc1)N(C1CCCCC1)C2=O. The van der Waals surface area contributed by atoms with E-state index in [2.05, 4.69) is 16.0 Å². The molecule has 3 aliphatic rings. The van der Waals surface area contributed by atoms with Crippen LogP contribution in [0.2, 0.25) is 5.02 Å². The van der Waals surface area contributed by atoms with Gasteiger partial charge in [0.25, 0.3) is 5.91 Å². The van der Waals surface area contributed by atoms with E-state index in [4.69, 9.17) is 17.3 Å². The number of nitrogens with zero attached hydrogens (tertiary/aromatic N) is 1. The number of hydrogen-bond donors (Lipinski definition) is 4. The molecule has 2 fully saturated rings. The van der Waals surface area contributed by atoms with Crippen molar-refractivity contribution in [3.63, 3.8) is 0 Å². The van der Waals surface area contributed by atoms with Crippen LogP contribution in [0.4, 0.5) is 5.69 Å². The third-order valence-electron chi connectivity index (χ3n) is 8.80. The number of benzene rings is 3. The molecule has 3 aromatic carbocycles. The number of amides is 3. The Bertz CT molecular complexity index is 1460. The van der Waals surface area contributed by atoms with Gasteiger partial charge in [0.15, 0.2) is 11.1 Å². The number of halogens is 1. The molecule has 1 saturated carbocycles. The van der Waals surface area contributed by atoms with Crippen molar-refractivity contribution in [1.82, 2.24) is 15.5 Å². The van der Waals surface area contributed by atoms with E-state index in [-0.39, 0.29) is 19.1 Å². The van der Waals surface area contributed by atoms with Crippen LogP contribution in [0.25, 0.3) is 0 Å². The lowest BCUT2D eigenvalue weighted by Gasteiger charge is -2.40. The van der Waals surface area contributed by atoms with Crippen LogP contribution in [0.1, 0.15) is 48.8 Å². The van der Waals surface area contributed by atoms with Gasteiger partial charge < -0.3 is 20.9 Å². The van der Waals surface area contributed by atoms with Crippen molar-refractivity contribution in [2.75, 3.05) is 5.32 Å². The van der Waals surface area contributed by atoms with E-state index in [1.807, 2.05) is 60.7 Å². The first kappa shape index (κ1) is 27.3. The van der Waals surface area contributed by atoms with E-state index < -0.39 is 34.8 Å². The fourth-order valence-corrected chi connectivity index (χ4v) is 7.05. The fraction of sp³-hybridized carbons (Fsp3) is 0.344. The molecule has 3 amide bonds. The van der Waals surface area contributed by atoms with Gasteiger partial charge in [-0.05, 0) is 47.7 Å². The van der Waals surface area contributed by atoms with E-state index in [0.29, 0.717) is 16.3 Å². The maximum absolute atomic E-state index is 14.6. The van der Waals surface area contributed by atoms with Gasteiger partial charge in [0.2, 0.25) is 11.8 Å². The summed E-state index contributed by atoms with van der Waals surface area (Å²) in [6, 6.07) is 22.7. The summed E-state index contributed by atoms with van der Waals surface area (Å²) in [6.45, 7) is 0.460. The van der Waals surface area contributed by atoms with Crippen LogP contribution in [0.15, 0.2) is 78.9 Å². The van der Waals surface area contributed by atoms with E-state index in [1.165, 1.54) is 0 Å². The Morgan fingerprint density at radius 2 is 1.51 bits per heavy atom. The number of rotatable bonds is 7. The maximum atomic E-state index is 14.6. The summed E-state index contributed by atoms with van der Waals surface area (Å²) in [5.41, 5.74) is 6.17. The Hall–Kier alpha value is -3.88. The highest BCUT2D eigenvalue weighted by Gasteiger charge is 2.78. The Morgan fingerprint density at radius 3 is 2.15 bits per heavy atom. The number of nitrogens with two attached hydrogens (primary N) is 1. The van der Waals surface area contributed by atoms with Crippen LogP contribution in [-0.2, 0) is 32.9 Å². The summed E-state index contributed by atoms with van der Waals surface area (Å²) in [6.07, 6.45) is 4.43. The zero-order chi connectivity index (χ0) is 28.6. The van der Waals surface area contributed by atoms with Crippen LogP contribution in [0.3, 0.4) is 0 Å². The van der Waals surface area contributed by atoms with E-state index >= 15 is 0 Å². The Morgan fingerprint density at radius 1 is 0.902 bits per heavy atom. The second-order valence-corrected chi connectivity index (χ2v) is 11.6. The first-order chi connectivity index (χ1) is 19.9. The minimum atomic E-state index is -1.88. The standard InChI is InChI=1S/C32H34ClN5O3/c33-23-16-17-26-25(18-23)31(29(40)36-20-22-12-6-2-7-13-22)27(28(39)35-19-21-10-4-1-5-11-21)38(24-14-8-3-9-15-24)30(41)32(31,34)37-26/h1-2,4-7,10-13,16-18,24,27,37H,3,8-9,14-15,19-20,34H2,(H,35,39)(H,36,40). The van der Waals surface area contributed by atoms with Crippen molar-refractivity contribution >= 4 is 35.0 Å². The number of anilines is 1. The van der Waals surface area contributed by atoms with Gasteiger partial charge in [-0.15, -0.1) is 0 Å². The molecule has 1 aliphatic carbocycles. The first-order valence-corrected chi connectivity index (χ1v) is 14.6. The van der Waals surface area contributed by atoms with Crippen LogP contribution in [0.5, 0.6) is 0 Å². The van der Waals surface area contributed by atoms with E-state index in [0.717, 1.165) is 43.2 Å². The summed E-state index contributed by atoms with van der Waals surface area (Å²) in [5, 5.41) is 9.63. The Labute approximate surface area is 244 Å². The number of likely N-dealkylation sites (tertiary alicyclic amines) is 1. The second-order valence-electron chi connectivity index (χ2n) is 11.2. The van der Waals surface area contributed by atoms with Crippen LogP contribution < -0.4 is 21.7 Å². The summed E-state index contributed by atoms with van der Waals surface area (Å²) in [4.78, 5) is 45.1. The highest BCUT2D eigenvalue weighted by molar-refractivity contribution is 6.31. The summed E-state index contributed by atoms with van der Waals surface area (Å²) in [7, 11) is 0. The van der Waals surface area contributed by atoms with Crippen molar-refractivity contribution in [3.05, 3.63) is 101 Å². The van der Waals surface area contributed by atoms with Crippen molar-refractivity contribution in [3.8, 4) is 0 Å². The molecule has 0 bridgehead atoms. The maximum Gasteiger partial charge on any atom is 0.265 e. The molecule has 1 saturated heterocycles. The summed E-state index contributed by atoms with van der Waals surface area (Å²) >= 11 is 6.49. The third-order valence-corrected chi connectivity index (χ3v) is 9.04. The van der Waals surface area contributed by atoms with Gasteiger partial charge in [-0.1, -0.05) is 91.5 Å². The molecule has 212 valence electrons. The summed E-state index contributed by atoms with van der Waals surface area (Å²) < 4.78 is 0. The molecule has 8 nitrogen and oxygen atoms in total. The van der Waals surface area contributed by atoms with Crippen molar-refractivity contribution in [2.45, 2.75) is 68.4 Å². The van der Waals surface area contributed by atoms with Gasteiger partial charge >= 0.3 is 0 Å². The van der Waals surface area contributed by atoms with Gasteiger partial charge in [0.05, 0.1) is 0 Å². The van der Waals surface area contributed by atoms with Gasteiger partial charge in [-0.25, -0.2) is 0 Å². The van der Waals surface area contributed by atoms with Crippen molar-refractivity contribution in [1.29, 1.82) is 0 Å². The van der Waals surface area contributed by atoms with Gasteiger partial charge in [-0.3, -0.25) is 20.1 Å². The lowest BCUT2D eigenvalue weighted by molar-refractivity contribution is -0.141. The Balaban J connectivity index is 1.48. The van der Waals surface area contributed by atoms with E-state index in [1.54, 1.807) is 23.1 Å². The van der Waals surface area contributed by atoms with Gasteiger partial charge in [-0.2, -0.15) is 0 Å². The highest BCUT2D eigenvalue weighted by Crippen LogP contribution is 2.56. The predicted molar refractivity (Wildman–Crippen MR) is 158 cm³/mol. The lowest BCUT2D eigenvalue weighted by atomic mass is 9.68. The Kier molecular flexibility index (Phi) is 7.21. The van der Waals surface area contributed by atoms with Gasteiger partial charge in [0, 0.05) is 29.8 Å². The molecule has 41 heavy (non-hydrogen) atoms. The highest BCUT2D eigenvalue weighted by atomic mass is 35.5. The smallest absolute Gasteiger partial charge is 0.265 e. The number of hydrogen-bond acceptors (Lipinski definition) is 5. The molecule has 2 heterocycles. The molecule has 3 atom stereocenters. The topological polar surface area (TPSA) is 117 Å². The normalized spacial score (nSPS) is 25.3. The third kappa shape index (κ3) is 4.46. The first-order valence-electron chi connectivity index (χ1n) is 14.2. The predicted octanol–water partition coefficient (Wildman–Crippen LogP) is 3.83. The van der Waals surface area contributed by atoms with Crippen LogP contribution in [-0.4, -0.2) is 40.4 Å². The van der Waals surface area contributed by atoms with Gasteiger partial charge in [0.1, 0.15) is 6.04 Å². The minimum absolute atomic E-state index is 0.210. The monoisotopic (exact) mass is 571 g/mol. The number of nitrogens with one attached hydrogen (secondary N) is 3. The molecule has 5 N–H and O–H groups in total. The molecular weight excluding hydrogens is 538 g/mol. The zero-order valence-electron chi connectivity index (χ0n) is 22.7. The number of carbonyl (C=O) groups is 3. The summed E-state index contributed by atoms with van der Waals surface area (Å²) in [5.74, 6) is -1.38. The van der Waals surface area contributed by atoms with Crippen LogP contribution >= 0.6 is 11.6 Å². The number of carbonyl (C=O) groups excluding carboxylic acids is 3. The molecule has 2 aliphatic heterocycles. The minimum Gasteiger partial charge on any atom is -0.358 e. The molecule has 6 rings (SSSR count). The quantitative estimate of drug-likeness (QED) is 0.344. The molecule has 0 aromatic heterocycles. The van der Waals surface area contributed by atoms with E-state index in [9.17, 15) is 14.4 Å². The lowest BCUT2D eigenvalue weighted by Crippen LogP contribution is -2.69. The molecule has 9 heteroatoms. The average molecular weight is 572 g/mol. The molecular formula is C32H34ClN5O3. The largest absolute Gasteiger partial charge is 0.358 e. The van der Waals surface area contributed by atoms with Crippen LogP contribution in [0, 0.1) is 0 Å². The fourth-order valence-electron chi connectivity index (χ4n) is 6.87. The number of fused-ring (bicyclic) bond motifs is 3. The average Bonchev–Trinajstić information content (AvgIpc) is 3.38. The van der Waals surface area contributed by atoms with Crippen molar-refractivity contribution < 1.29 is 14.4 Å². The molecule has 0 spiro atoms. The van der Waals surface area contributed by atoms with Crippen molar-refractivity contribution in [2.24, 2.45) is 5.73 Å². The molecule has 3 unspecified atom stereocenters. The second kappa shape index (κ2) is 10.8. The molecule has 3 aromatic rings. The zero-order valence-corrected chi connectivity index (χ0v) is 23.5.